The van der Waals surface area contributed by atoms with E-state index in [1.165, 1.54) is 17.7 Å². The van der Waals surface area contributed by atoms with Crippen molar-refractivity contribution in [2.75, 3.05) is 18.0 Å². The van der Waals surface area contributed by atoms with E-state index >= 15 is 0 Å². The molecule has 6 heteroatoms. The SMILES string of the molecule is O=C(CN1CCCc2ccccc21)NNC(=O)c1ccccc1O. The number of phenolic OH excluding ortho intramolecular Hbond substituents is 1. The highest BCUT2D eigenvalue weighted by atomic mass is 16.3. The molecule has 1 aliphatic rings. The molecule has 3 N–H and O–H groups in total. The third kappa shape index (κ3) is 3.48. The van der Waals surface area contributed by atoms with Gasteiger partial charge in [0, 0.05) is 12.2 Å². The van der Waals surface area contributed by atoms with Gasteiger partial charge in [0.2, 0.25) is 0 Å². The van der Waals surface area contributed by atoms with Crippen molar-refractivity contribution in [3.8, 4) is 5.75 Å². The minimum Gasteiger partial charge on any atom is -0.507 e. The predicted octanol–water partition coefficient (Wildman–Crippen LogP) is 1.61. The van der Waals surface area contributed by atoms with E-state index in [0.717, 1.165) is 25.1 Å². The average molecular weight is 325 g/mol. The number of hydrogen-bond donors (Lipinski definition) is 3. The summed E-state index contributed by atoms with van der Waals surface area (Å²) in [6.45, 7) is 0.968. The zero-order valence-corrected chi connectivity index (χ0v) is 13.2. The Bertz CT molecular complexity index is 761. The Morgan fingerprint density at radius 2 is 1.79 bits per heavy atom. The first-order valence-electron chi connectivity index (χ1n) is 7.85. The van der Waals surface area contributed by atoms with Gasteiger partial charge in [0.1, 0.15) is 5.75 Å². The monoisotopic (exact) mass is 325 g/mol. The first kappa shape index (κ1) is 15.9. The highest BCUT2D eigenvalue weighted by molar-refractivity contribution is 5.98. The Hall–Kier alpha value is -3.02. The van der Waals surface area contributed by atoms with Crippen LogP contribution in [0.1, 0.15) is 22.3 Å². The minimum atomic E-state index is -0.555. The summed E-state index contributed by atoms with van der Waals surface area (Å²) in [5, 5.41) is 9.63. The van der Waals surface area contributed by atoms with Crippen LogP contribution in [0.5, 0.6) is 5.75 Å². The number of para-hydroxylation sites is 2. The lowest BCUT2D eigenvalue weighted by atomic mass is 10.0. The van der Waals surface area contributed by atoms with Crippen LogP contribution in [0.4, 0.5) is 5.69 Å². The van der Waals surface area contributed by atoms with Crippen LogP contribution in [0.2, 0.25) is 0 Å². The van der Waals surface area contributed by atoms with Gasteiger partial charge in [-0.1, -0.05) is 30.3 Å². The second kappa shape index (κ2) is 7.04. The maximum absolute atomic E-state index is 12.1. The number of amides is 2. The molecular formula is C18H19N3O3. The number of rotatable bonds is 3. The van der Waals surface area contributed by atoms with E-state index in [0.29, 0.717) is 0 Å². The fourth-order valence-corrected chi connectivity index (χ4v) is 2.85. The Kier molecular flexibility index (Phi) is 4.65. The van der Waals surface area contributed by atoms with Crippen LogP contribution < -0.4 is 15.8 Å². The van der Waals surface area contributed by atoms with Gasteiger partial charge in [0.25, 0.3) is 11.8 Å². The summed E-state index contributed by atoms with van der Waals surface area (Å²) in [5.41, 5.74) is 7.13. The molecule has 2 aromatic carbocycles. The second-order valence-electron chi connectivity index (χ2n) is 5.67. The molecule has 24 heavy (non-hydrogen) atoms. The lowest BCUT2D eigenvalue weighted by Gasteiger charge is -2.30. The van der Waals surface area contributed by atoms with Crippen LogP contribution in [0.15, 0.2) is 48.5 Å². The number of nitrogens with one attached hydrogen (secondary N) is 2. The summed E-state index contributed by atoms with van der Waals surface area (Å²) < 4.78 is 0. The van der Waals surface area contributed by atoms with Gasteiger partial charge in [-0.25, -0.2) is 0 Å². The van der Waals surface area contributed by atoms with E-state index < -0.39 is 5.91 Å². The van der Waals surface area contributed by atoms with Crippen LogP contribution in [-0.2, 0) is 11.2 Å². The summed E-state index contributed by atoms with van der Waals surface area (Å²) in [5.74, 6) is -0.995. The van der Waals surface area contributed by atoms with Crippen LogP contribution in [0.25, 0.3) is 0 Å². The molecule has 1 aliphatic heterocycles. The number of aryl methyl sites for hydroxylation is 1. The lowest BCUT2D eigenvalue weighted by molar-refractivity contribution is -0.120. The van der Waals surface area contributed by atoms with Gasteiger partial charge < -0.3 is 10.0 Å². The van der Waals surface area contributed by atoms with Crippen molar-refractivity contribution in [3.05, 3.63) is 59.7 Å². The van der Waals surface area contributed by atoms with Gasteiger partial charge in [-0.2, -0.15) is 0 Å². The number of hydrazine groups is 1. The smallest absolute Gasteiger partial charge is 0.273 e. The molecule has 0 unspecified atom stereocenters. The highest BCUT2D eigenvalue weighted by Crippen LogP contribution is 2.26. The lowest BCUT2D eigenvalue weighted by Crippen LogP contribution is -2.47. The third-order valence-corrected chi connectivity index (χ3v) is 4.01. The molecule has 0 atom stereocenters. The molecule has 0 aromatic heterocycles. The fraction of sp³-hybridized carbons (Fsp3) is 0.222. The number of nitrogens with zero attached hydrogens (tertiary/aromatic N) is 1. The fourth-order valence-electron chi connectivity index (χ4n) is 2.85. The molecule has 2 aromatic rings. The molecular weight excluding hydrogens is 306 g/mol. The van der Waals surface area contributed by atoms with Crippen molar-refractivity contribution in [1.82, 2.24) is 10.9 Å². The van der Waals surface area contributed by atoms with Gasteiger partial charge >= 0.3 is 0 Å². The van der Waals surface area contributed by atoms with Crippen molar-refractivity contribution in [1.29, 1.82) is 0 Å². The van der Waals surface area contributed by atoms with Crippen molar-refractivity contribution in [3.63, 3.8) is 0 Å². The molecule has 6 nitrogen and oxygen atoms in total. The summed E-state index contributed by atoms with van der Waals surface area (Å²) >= 11 is 0. The van der Waals surface area contributed by atoms with Crippen LogP contribution in [0, 0.1) is 0 Å². The van der Waals surface area contributed by atoms with E-state index in [4.69, 9.17) is 0 Å². The summed E-state index contributed by atoms with van der Waals surface area (Å²) in [4.78, 5) is 26.1. The summed E-state index contributed by atoms with van der Waals surface area (Å²) in [6.07, 6.45) is 2.01. The van der Waals surface area contributed by atoms with E-state index in [9.17, 15) is 14.7 Å². The number of anilines is 1. The highest BCUT2D eigenvalue weighted by Gasteiger charge is 2.19. The number of benzene rings is 2. The van der Waals surface area contributed by atoms with Gasteiger partial charge in [0.05, 0.1) is 12.1 Å². The standard InChI is InChI=1S/C18H19N3O3/c22-16-10-4-2-8-14(16)18(24)20-19-17(23)12-21-11-5-7-13-6-1-3-9-15(13)21/h1-4,6,8-10,22H,5,7,11-12H2,(H,19,23)(H,20,24). The zero-order valence-electron chi connectivity index (χ0n) is 13.2. The maximum Gasteiger partial charge on any atom is 0.273 e. The number of hydrogen-bond acceptors (Lipinski definition) is 4. The van der Waals surface area contributed by atoms with Gasteiger partial charge in [0.15, 0.2) is 0 Å². The molecule has 2 amide bonds. The average Bonchev–Trinajstić information content (AvgIpc) is 2.60. The first-order valence-corrected chi connectivity index (χ1v) is 7.85. The van der Waals surface area contributed by atoms with Gasteiger partial charge in [-0.05, 0) is 36.6 Å². The van der Waals surface area contributed by atoms with Crippen molar-refractivity contribution >= 4 is 17.5 Å². The Balaban J connectivity index is 1.57. The Morgan fingerprint density at radius 1 is 1.04 bits per heavy atom. The molecule has 0 bridgehead atoms. The van der Waals surface area contributed by atoms with Crippen LogP contribution >= 0.6 is 0 Å². The molecule has 0 radical (unpaired) electrons. The van der Waals surface area contributed by atoms with Crippen molar-refractivity contribution < 1.29 is 14.7 Å². The van der Waals surface area contributed by atoms with Crippen LogP contribution in [-0.4, -0.2) is 30.0 Å². The molecule has 0 spiro atoms. The number of carbonyl (C=O) groups excluding carboxylic acids is 2. The second-order valence-corrected chi connectivity index (χ2v) is 5.67. The summed E-state index contributed by atoms with van der Waals surface area (Å²) in [6, 6.07) is 14.2. The Morgan fingerprint density at radius 3 is 2.62 bits per heavy atom. The van der Waals surface area contributed by atoms with E-state index in [2.05, 4.69) is 16.9 Å². The largest absolute Gasteiger partial charge is 0.507 e. The first-order chi connectivity index (χ1) is 11.6. The molecule has 3 rings (SSSR count). The van der Waals surface area contributed by atoms with Gasteiger partial charge in [-0.15, -0.1) is 0 Å². The quantitative estimate of drug-likeness (QED) is 0.749. The molecule has 0 saturated heterocycles. The topological polar surface area (TPSA) is 81.7 Å². The maximum atomic E-state index is 12.1. The van der Waals surface area contributed by atoms with Gasteiger partial charge in [-0.3, -0.25) is 20.4 Å². The number of carbonyl (C=O) groups is 2. The van der Waals surface area contributed by atoms with Crippen LogP contribution in [0.3, 0.4) is 0 Å². The van der Waals surface area contributed by atoms with Crippen molar-refractivity contribution in [2.24, 2.45) is 0 Å². The molecule has 124 valence electrons. The third-order valence-electron chi connectivity index (χ3n) is 4.01. The summed E-state index contributed by atoms with van der Waals surface area (Å²) in [7, 11) is 0. The minimum absolute atomic E-state index is 0.112. The number of aromatic hydroxyl groups is 1. The van der Waals surface area contributed by atoms with E-state index in [1.54, 1.807) is 12.1 Å². The number of fused-ring (bicyclic) bond motifs is 1. The molecule has 0 aliphatic carbocycles. The van der Waals surface area contributed by atoms with E-state index in [-0.39, 0.29) is 23.8 Å². The molecule has 0 saturated carbocycles. The molecule has 1 heterocycles. The number of phenols is 1. The van der Waals surface area contributed by atoms with Crippen molar-refractivity contribution in [2.45, 2.75) is 12.8 Å². The zero-order chi connectivity index (χ0) is 16.9. The normalized spacial score (nSPS) is 13.1. The molecule has 0 fully saturated rings. The van der Waals surface area contributed by atoms with E-state index in [1.807, 2.05) is 23.1 Å². The Labute approximate surface area is 140 Å². The predicted molar refractivity (Wildman–Crippen MR) is 90.7 cm³/mol.